The molecule has 3 nitrogen and oxygen atoms in total. The van der Waals surface area contributed by atoms with Gasteiger partial charge in [-0.3, -0.25) is 0 Å². The Balaban J connectivity index is 2.14. The van der Waals surface area contributed by atoms with Crippen LogP contribution in [-0.2, 0) is 10.3 Å². The summed E-state index contributed by atoms with van der Waals surface area (Å²) in [6.45, 7) is 0.0937. The first-order valence-corrected chi connectivity index (χ1v) is 7.14. The van der Waals surface area contributed by atoms with E-state index < -0.39 is 11.2 Å². The molecule has 1 unspecified atom stereocenters. The molecule has 1 aliphatic heterocycles. The van der Waals surface area contributed by atoms with Crippen molar-refractivity contribution in [2.45, 2.75) is 11.2 Å². The highest BCUT2D eigenvalue weighted by Gasteiger charge is 2.73. The lowest BCUT2D eigenvalue weighted by Gasteiger charge is -2.17. The number of halogens is 2. The summed E-state index contributed by atoms with van der Waals surface area (Å²) in [7, 11) is 0. The van der Waals surface area contributed by atoms with E-state index >= 15 is 0 Å². The van der Waals surface area contributed by atoms with Crippen LogP contribution in [0.25, 0.3) is 0 Å². The molecule has 0 radical (unpaired) electrons. The van der Waals surface area contributed by atoms with E-state index in [1.807, 2.05) is 60.7 Å². The first-order chi connectivity index (χ1) is 10.1. The standard InChI is InChI=1S/C16H12Cl2N2O/c17-20(18)12-15(11-19)16(21-15,13-7-3-1-4-8-13)14-9-5-2-6-10-14/h1-10H,12H2. The molecule has 0 N–H and O–H groups in total. The smallest absolute Gasteiger partial charge is 0.208 e. The number of nitriles is 1. The third-order valence-electron chi connectivity index (χ3n) is 3.74. The summed E-state index contributed by atoms with van der Waals surface area (Å²) in [5.74, 6) is 0. The van der Waals surface area contributed by atoms with Crippen LogP contribution < -0.4 is 0 Å². The minimum absolute atomic E-state index is 0.0937. The molecule has 2 aromatic carbocycles. The van der Waals surface area contributed by atoms with Crippen LogP contribution in [0.1, 0.15) is 11.1 Å². The summed E-state index contributed by atoms with van der Waals surface area (Å²) in [4.78, 5) is 0. The van der Waals surface area contributed by atoms with Crippen molar-refractivity contribution in [1.29, 1.82) is 5.26 Å². The summed E-state index contributed by atoms with van der Waals surface area (Å²) in [5.41, 5.74) is -0.119. The monoisotopic (exact) mass is 318 g/mol. The lowest BCUT2D eigenvalue weighted by atomic mass is 9.81. The Hall–Kier alpha value is -1.57. The molecule has 21 heavy (non-hydrogen) atoms. The molecule has 1 heterocycles. The van der Waals surface area contributed by atoms with Crippen molar-refractivity contribution in [3.63, 3.8) is 0 Å². The van der Waals surface area contributed by atoms with Crippen molar-refractivity contribution in [3.05, 3.63) is 71.8 Å². The van der Waals surface area contributed by atoms with E-state index in [4.69, 9.17) is 28.3 Å². The van der Waals surface area contributed by atoms with Gasteiger partial charge < -0.3 is 4.74 Å². The van der Waals surface area contributed by atoms with Crippen molar-refractivity contribution < 1.29 is 4.74 Å². The Morgan fingerprint density at radius 2 is 1.43 bits per heavy atom. The molecular weight excluding hydrogens is 307 g/mol. The van der Waals surface area contributed by atoms with Crippen LogP contribution in [0.5, 0.6) is 0 Å². The van der Waals surface area contributed by atoms with Crippen LogP contribution in [0.4, 0.5) is 0 Å². The van der Waals surface area contributed by atoms with Crippen LogP contribution in [0.3, 0.4) is 0 Å². The molecule has 5 heteroatoms. The van der Waals surface area contributed by atoms with Gasteiger partial charge in [0.2, 0.25) is 5.60 Å². The van der Waals surface area contributed by atoms with Gasteiger partial charge >= 0.3 is 0 Å². The number of ether oxygens (including phenoxy) is 1. The van der Waals surface area contributed by atoms with E-state index in [9.17, 15) is 5.26 Å². The highest BCUT2D eigenvalue weighted by molar-refractivity contribution is 6.33. The third kappa shape index (κ3) is 2.21. The van der Waals surface area contributed by atoms with E-state index in [1.54, 1.807) is 0 Å². The minimum Gasteiger partial charge on any atom is -0.335 e. The maximum absolute atomic E-state index is 9.64. The Labute approximate surface area is 133 Å². The number of nitrogens with zero attached hydrogens (tertiary/aromatic N) is 2. The first kappa shape index (κ1) is 14.4. The molecule has 1 aliphatic rings. The van der Waals surface area contributed by atoms with E-state index in [1.165, 1.54) is 0 Å². The number of rotatable bonds is 4. The van der Waals surface area contributed by atoms with Crippen molar-refractivity contribution >= 4 is 23.6 Å². The molecule has 0 amide bonds. The Bertz CT molecular complexity index is 630. The van der Waals surface area contributed by atoms with Crippen LogP contribution in [0, 0.1) is 11.3 Å². The summed E-state index contributed by atoms with van der Waals surface area (Å²) in [6, 6.07) is 21.5. The lowest BCUT2D eigenvalue weighted by molar-refractivity contribution is 0.296. The van der Waals surface area contributed by atoms with E-state index in [0.717, 1.165) is 15.1 Å². The van der Waals surface area contributed by atoms with Gasteiger partial charge in [0.05, 0.1) is 6.54 Å². The van der Waals surface area contributed by atoms with Gasteiger partial charge in [-0.25, -0.2) is 0 Å². The molecule has 2 aromatic rings. The second-order valence-corrected chi connectivity index (χ2v) is 5.90. The molecule has 3 rings (SSSR count). The van der Waals surface area contributed by atoms with E-state index in [2.05, 4.69) is 6.07 Å². The average Bonchev–Trinajstić information content (AvgIpc) is 3.18. The van der Waals surface area contributed by atoms with Crippen molar-refractivity contribution in [1.82, 2.24) is 3.94 Å². The first-order valence-electron chi connectivity index (χ1n) is 6.46. The molecule has 0 saturated carbocycles. The van der Waals surface area contributed by atoms with Crippen LogP contribution in [-0.4, -0.2) is 16.1 Å². The largest absolute Gasteiger partial charge is 0.335 e. The molecule has 0 aromatic heterocycles. The number of benzene rings is 2. The van der Waals surface area contributed by atoms with Crippen molar-refractivity contribution in [3.8, 4) is 6.07 Å². The highest BCUT2D eigenvalue weighted by atomic mass is 35.5. The Kier molecular flexibility index (Phi) is 3.64. The molecule has 0 bridgehead atoms. The van der Waals surface area contributed by atoms with Crippen molar-refractivity contribution in [2.75, 3.05) is 6.54 Å². The maximum atomic E-state index is 9.64. The van der Waals surface area contributed by atoms with Gasteiger partial charge in [-0.1, -0.05) is 60.7 Å². The number of hydrogen-bond donors (Lipinski definition) is 0. The van der Waals surface area contributed by atoms with Gasteiger partial charge in [0.25, 0.3) is 0 Å². The average molecular weight is 319 g/mol. The minimum atomic E-state index is -1.10. The van der Waals surface area contributed by atoms with Crippen LogP contribution in [0.2, 0.25) is 0 Å². The van der Waals surface area contributed by atoms with Gasteiger partial charge in [-0.2, -0.15) is 5.26 Å². The fourth-order valence-electron chi connectivity index (χ4n) is 2.78. The zero-order chi connectivity index (χ0) is 14.9. The molecule has 1 fully saturated rings. The Morgan fingerprint density at radius 1 is 0.952 bits per heavy atom. The molecule has 0 aliphatic carbocycles. The molecule has 1 atom stereocenters. The Morgan fingerprint density at radius 3 is 1.81 bits per heavy atom. The summed E-state index contributed by atoms with van der Waals surface area (Å²) < 4.78 is 6.89. The van der Waals surface area contributed by atoms with Gasteiger partial charge in [-0.05, 0) is 34.7 Å². The SMILES string of the molecule is N#CC1(CN(Cl)Cl)OC1(c1ccccc1)c1ccccc1. The molecule has 106 valence electrons. The quantitative estimate of drug-likeness (QED) is 0.635. The molecular formula is C16H12Cl2N2O. The summed E-state index contributed by atoms with van der Waals surface area (Å²) in [6.07, 6.45) is 0. The van der Waals surface area contributed by atoms with Gasteiger partial charge in [-0.15, -0.1) is 3.94 Å². The third-order valence-corrected chi connectivity index (χ3v) is 3.98. The fourth-order valence-corrected chi connectivity index (χ4v) is 3.12. The maximum Gasteiger partial charge on any atom is 0.208 e. The summed E-state index contributed by atoms with van der Waals surface area (Å²) >= 11 is 11.5. The number of epoxide rings is 1. The summed E-state index contributed by atoms with van der Waals surface area (Å²) in [5, 5.41) is 9.64. The normalized spacial score (nSPS) is 22.8. The second kappa shape index (κ2) is 5.32. The van der Waals surface area contributed by atoms with Gasteiger partial charge in [0, 0.05) is 0 Å². The zero-order valence-electron chi connectivity index (χ0n) is 11.0. The topological polar surface area (TPSA) is 39.6 Å². The van der Waals surface area contributed by atoms with Crippen LogP contribution in [0.15, 0.2) is 60.7 Å². The predicted octanol–water partition coefficient (Wildman–Crippen LogP) is 3.83. The van der Waals surface area contributed by atoms with E-state index in [0.29, 0.717) is 0 Å². The highest BCUT2D eigenvalue weighted by Crippen LogP contribution is 2.60. The second-order valence-electron chi connectivity index (χ2n) is 4.92. The zero-order valence-corrected chi connectivity index (χ0v) is 12.6. The number of hydrogen-bond acceptors (Lipinski definition) is 3. The predicted molar refractivity (Wildman–Crippen MR) is 81.5 cm³/mol. The lowest BCUT2D eigenvalue weighted by Crippen LogP contribution is -2.31. The molecule has 0 spiro atoms. The van der Waals surface area contributed by atoms with Crippen molar-refractivity contribution in [2.24, 2.45) is 0 Å². The van der Waals surface area contributed by atoms with Crippen LogP contribution >= 0.6 is 23.6 Å². The fraction of sp³-hybridized carbons (Fsp3) is 0.188. The van der Waals surface area contributed by atoms with Gasteiger partial charge in [0.1, 0.15) is 6.07 Å². The molecule has 1 saturated heterocycles. The van der Waals surface area contributed by atoms with E-state index in [-0.39, 0.29) is 6.54 Å². The van der Waals surface area contributed by atoms with Gasteiger partial charge in [0.15, 0.2) is 5.60 Å².